The van der Waals surface area contributed by atoms with Crippen LogP contribution in [0, 0.1) is 0 Å². The Balaban J connectivity index is 1.84. The molecule has 0 bridgehead atoms. The summed E-state index contributed by atoms with van der Waals surface area (Å²) >= 11 is 10.4. The molecule has 0 N–H and O–H groups in total. The minimum absolute atomic E-state index is 0.0939. The molecular formula is C15H15BrClNO4S2. The van der Waals surface area contributed by atoms with Crippen LogP contribution in [0.1, 0.15) is 12.8 Å². The van der Waals surface area contributed by atoms with Gasteiger partial charge >= 0.3 is 5.97 Å². The predicted octanol–water partition coefficient (Wildman–Crippen LogP) is 4.17. The monoisotopic (exact) mass is 451 g/mol. The summed E-state index contributed by atoms with van der Waals surface area (Å²) in [6, 6.07) is 8.18. The highest BCUT2D eigenvalue weighted by Gasteiger charge is 2.21. The van der Waals surface area contributed by atoms with Crippen LogP contribution in [-0.4, -0.2) is 32.3 Å². The molecule has 24 heavy (non-hydrogen) atoms. The van der Waals surface area contributed by atoms with Crippen molar-refractivity contribution < 1.29 is 17.9 Å². The van der Waals surface area contributed by atoms with Gasteiger partial charge in [0.2, 0.25) is 0 Å². The fourth-order valence-corrected chi connectivity index (χ4v) is 4.98. The van der Waals surface area contributed by atoms with Crippen molar-refractivity contribution >= 4 is 54.9 Å². The first kappa shape index (κ1) is 19.4. The topological polar surface area (TPSA) is 63.7 Å². The molecule has 0 saturated carbocycles. The third-order valence-corrected chi connectivity index (χ3v) is 7.15. The molecule has 130 valence electrons. The molecule has 0 fully saturated rings. The van der Waals surface area contributed by atoms with E-state index in [1.165, 1.54) is 11.4 Å². The molecule has 0 aliphatic carbocycles. The summed E-state index contributed by atoms with van der Waals surface area (Å²) in [6.45, 7) is 0.226. The number of esters is 1. The molecular weight excluding hydrogens is 438 g/mol. The molecule has 0 spiro atoms. The van der Waals surface area contributed by atoms with Crippen LogP contribution in [0.3, 0.4) is 0 Å². The second-order valence-corrected chi connectivity index (χ2v) is 9.45. The van der Waals surface area contributed by atoms with E-state index in [0.29, 0.717) is 11.4 Å². The number of carbonyl (C=O) groups is 1. The van der Waals surface area contributed by atoms with Crippen molar-refractivity contribution in [3.63, 3.8) is 0 Å². The lowest BCUT2D eigenvalue weighted by Gasteiger charge is -2.15. The first-order valence-corrected chi connectivity index (χ1v) is 10.5. The average Bonchev–Trinajstić information content (AvgIpc) is 3.05. The van der Waals surface area contributed by atoms with Gasteiger partial charge in [0.15, 0.2) is 0 Å². The molecule has 0 unspecified atom stereocenters. The molecule has 0 radical (unpaired) electrons. The first-order valence-electron chi connectivity index (χ1n) is 6.96. The summed E-state index contributed by atoms with van der Waals surface area (Å²) < 4.78 is 32.0. The Morgan fingerprint density at radius 2 is 2.12 bits per heavy atom. The maximum absolute atomic E-state index is 12.2. The Hall–Kier alpha value is -0.930. The Bertz CT molecular complexity index is 809. The van der Waals surface area contributed by atoms with Crippen LogP contribution < -0.4 is 4.74 Å². The van der Waals surface area contributed by atoms with E-state index < -0.39 is 16.0 Å². The molecule has 1 aromatic heterocycles. The molecule has 0 atom stereocenters. The van der Waals surface area contributed by atoms with Crippen LogP contribution in [0.15, 0.2) is 44.4 Å². The number of halogens is 2. The Morgan fingerprint density at radius 1 is 1.38 bits per heavy atom. The molecule has 1 aromatic carbocycles. The summed E-state index contributed by atoms with van der Waals surface area (Å²) in [6.07, 6.45) is 0.449. The zero-order chi connectivity index (χ0) is 17.7. The van der Waals surface area contributed by atoms with Crippen molar-refractivity contribution in [2.75, 3.05) is 13.6 Å². The zero-order valence-corrected chi connectivity index (χ0v) is 16.7. The van der Waals surface area contributed by atoms with Crippen molar-refractivity contribution in [2.24, 2.45) is 0 Å². The lowest BCUT2D eigenvalue weighted by atomic mass is 10.3. The van der Waals surface area contributed by atoms with Crippen LogP contribution >= 0.6 is 38.9 Å². The fraction of sp³-hybridized carbons (Fsp3) is 0.267. The predicted molar refractivity (Wildman–Crippen MR) is 98.2 cm³/mol. The van der Waals surface area contributed by atoms with Crippen molar-refractivity contribution in [2.45, 2.75) is 17.1 Å². The van der Waals surface area contributed by atoms with E-state index in [1.54, 1.807) is 35.7 Å². The largest absolute Gasteiger partial charge is 0.425 e. The van der Waals surface area contributed by atoms with Crippen molar-refractivity contribution in [1.29, 1.82) is 0 Å². The quantitative estimate of drug-likeness (QED) is 0.467. The van der Waals surface area contributed by atoms with E-state index in [2.05, 4.69) is 15.9 Å². The Morgan fingerprint density at radius 3 is 2.75 bits per heavy atom. The second kappa shape index (κ2) is 8.44. The number of hydrogen-bond donors (Lipinski definition) is 0. The molecule has 0 amide bonds. The van der Waals surface area contributed by atoms with Crippen LogP contribution in [0.5, 0.6) is 5.75 Å². The molecule has 9 heteroatoms. The summed E-state index contributed by atoms with van der Waals surface area (Å²) in [4.78, 5) is 11.9. The highest BCUT2D eigenvalue weighted by Crippen LogP contribution is 2.28. The highest BCUT2D eigenvalue weighted by molar-refractivity contribution is 9.10. The highest BCUT2D eigenvalue weighted by atomic mass is 79.9. The SMILES string of the molecule is CN(CCCC(=O)Oc1ccc(Br)cc1Cl)S(=O)(=O)c1cccs1. The molecule has 0 saturated heterocycles. The molecule has 2 aromatic rings. The maximum atomic E-state index is 12.2. The van der Waals surface area contributed by atoms with Gasteiger partial charge in [-0.3, -0.25) is 4.79 Å². The van der Waals surface area contributed by atoms with Gasteiger partial charge in [0.05, 0.1) is 5.02 Å². The summed E-state index contributed by atoms with van der Waals surface area (Å²) in [5.41, 5.74) is 0. The number of nitrogens with zero attached hydrogens (tertiary/aromatic N) is 1. The van der Waals surface area contributed by atoms with Gasteiger partial charge in [-0.25, -0.2) is 12.7 Å². The normalized spacial score (nSPS) is 11.7. The number of rotatable bonds is 7. The molecule has 5 nitrogen and oxygen atoms in total. The van der Waals surface area contributed by atoms with E-state index >= 15 is 0 Å². The maximum Gasteiger partial charge on any atom is 0.311 e. The number of carbonyl (C=O) groups excluding carboxylic acids is 1. The summed E-state index contributed by atoms with van der Waals surface area (Å²) in [5.74, 6) is -0.175. The smallest absolute Gasteiger partial charge is 0.311 e. The van der Waals surface area contributed by atoms with Gasteiger partial charge in [-0.15, -0.1) is 11.3 Å². The van der Waals surface area contributed by atoms with E-state index in [1.807, 2.05) is 0 Å². The number of hydrogen-bond acceptors (Lipinski definition) is 5. The fourth-order valence-electron chi connectivity index (χ4n) is 1.86. The van der Waals surface area contributed by atoms with Gasteiger partial charge < -0.3 is 4.74 Å². The van der Waals surface area contributed by atoms with Crippen LogP contribution in [-0.2, 0) is 14.8 Å². The molecule has 2 rings (SSSR count). The second-order valence-electron chi connectivity index (χ2n) is 4.91. The van der Waals surface area contributed by atoms with Crippen LogP contribution in [0.2, 0.25) is 5.02 Å². The number of benzene rings is 1. The van der Waals surface area contributed by atoms with E-state index in [9.17, 15) is 13.2 Å². The molecule has 0 aliphatic heterocycles. The minimum Gasteiger partial charge on any atom is -0.425 e. The lowest BCUT2D eigenvalue weighted by molar-refractivity contribution is -0.134. The number of ether oxygens (including phenoxy) is 1. The Labute approximate surface area is 158 Å². The van der Waals surface area contributed by atoms with Gasteiger partial charge in [-0.05, 0) is 36.1 Å². The Kier molecular flexibility index (Phi) is 6.82. The average molecular weight is 453 g/mol. The number of sulfonamides is 1. The van der Waals surface area contributed by atoms with Crippen molar-refractivity contribution in [3.05, 3.63) is 45.2 Å². The third-order valence-electron chi connectivity index (χ3n) is 3.13. The van der Waals surface area contributed by atoms with Gasteiger partial charge in [-0.1, -0.05) is 33.6 Å². The number of thiophene rings is 1. The first-order chi connectivity index (χ1) is 11.3. The van der Waals surface area contributed by atoms with Gasteiger partial charge in [-0.2, -0.15) is 0 Å². The van der Waals surface area contributed by atoms with E-state index in [4.69, 9.17) is 16.3 Å². The van der Waals surface area contributed by atoms with Gasteiger partial charge in [0.1, 0.15) is 9.96 Å². The van der Waals surface area contributed by atoms with Crippen LogP contribution in [0.25, 0.3) is 0 Å². The van der Waals surface area contributed by atoms with E-state index in [0.717, 1.165) is 15.8 Å². The van der Waals surface area contributed by atoms with Gasteiger partial charge in [0, 0.05) is 24.5 Å². The third kappa shape index (κ3) is 5.03. The zero-order valence-electron chi connectivity index (χ0n) is 12.7. The van der Waals surface area contributed by atoms with Gasteiger partial charge in [0.25, 0.3) is 10.0 Å². The summed E-state index contributed by atoms with van der Waals surface area (Å²) in [7, 11) is -2.00. The summed E-state index contributed by atoms with van der Waals surface area (Å²) in [5, 5.41) is 2.04. The standard InChI is InChI=1S/C15H15BrClNO4S2/c1-18(24(20,21)15-5-3-9-23-15)8-2-4-14(19)22-13-7-6-11(16)10-12(13)17/h3,5-7,9-10H,2,4,8H2,1H3. The van der Waals surface area contributed by atoms with E-state index in [-0.39, 0.29) is 22.9 Å². The molecule has 0 aliphatic rings. The van der Waals surface area contributed by atoms with Crippen molar-refractivity contribution in [1.82, 2.24) is 4.31 Å². The van der Waals surface area contributed by atoms with Crippen LogP contribution in [0.4, 0.5) is 0 Å². The molecule has 1 heterocycles. The minimum atomic E-state index is -3.49. The van der Waals surface area contributed by atoms with Crippen molar-refractivity contribution in [3.8, 4) is 5.75 Å². The lowest BCUT2D eigenvalue weighted by Crippen LogP contribution is -2.28.